The second kappa shape index (κ2) is 8.97. The zero-order valence-electron chi connectivity index (χ0n) is 14.9. The topological polar surface area (TPSA) is 71.1 Å². The Morgan fingerprint density at radius 2 is 1.64 bits per heavy atom. The summed E-state index contributed by atoms with van der Waals surface area (Å²) in [7, 11) is 0. The first-order valence-electron chi connectivity index (χ1n) is 8.59. The summed E-state index contributed by atoms with van der Waals surface area (Å²) in [5.74, 6) is -0.391. The lowest BCUT2D eigenvalue weighted by Crippen LogP contribution is -2.50. The molecule has 5 nitrogen and oxygen atoms in total. The predicted molar refractivity (Wildman–Crippen MR) is 97.9 cm³/mol. The first-order valence-corrected chi connectivity index (χ1v) is 8.59. The van der Waals surface area contributed by atoms with Crippen LogP contribution < -0.4 is 10.6 Å². The molecule has 0 aliphatic heterocycles. The standard InChI is InChI=1S/C20H25N3O2/c1-4-14(2)18(23-19(24)17-8-6-5-7-9-17)20(25)22-15(3)16-10-12-21-13-11-16/h5-15,18H,4H2,1-3H3,(H,22,25)(H,23,24). The number of benzene rings is 1. The fourth-order valence-corrected chi connectivity index (χ4v) is 2.55. The smallest absolute Gasteiger partial charge is 0.251 e. The minimum Gasteiger partial charge on any atom is -0.348 e. The third-order valence-corrected chi connectivity index (χ3v) is 4.38. The molecule has 0 saturated carbocycles. The van der Waals surface area contributed by atoms with Crippen LogP contribution >= 0.6 is 0 Å². The predicted octanol–water partition coefficient (Wildman–Crippen LogP) is 3.10. The van der Waals surface area contributed by atoms with Crippen LogP contribution in [0, 0.1) is 5.92 Å². The molecule has 0 aliphatic carbocycles. The van der Waals surface area contributed by atoms with Gasteiger partial charge < -0.3 is 10.6 Å². The lowest BCUT2D eigenvalue weighted by atomic mass is 9.97. The molecule has 0 spiro atoms. The van der Waals surface area contributed by atoms with Crippen LogP contribution in [-0.4, -0.2) is 22.8 Å². The minimum absolute atomic E-state index is 0.0253. The maximum Gasteiger partial charge on any atom is 0.251 e. The van der Waals surface area contributed by atoms with Crippen molar-refractivity contribution in [1.82, 2.24) is 15.6 Å². The maximum absolute atomic E-state index is 12.8. The zero-order chi connectivity index (χ0) is 18.2. The highest BCUT2D eigenvalue weighted by atomic mass is 16.2. The number of carbonyl (C=O) groups excluding carboxylic acids is 2. The van der Waals surface area contributed by atoms with E-state index >= 15 is 0 Å². The van der Waals surface area contributed by atoms with Crippen molar-refractivity contribution < 1.29 is 9.59 Å². The monoisotopic (exact) mass is 339 g/mol. The molecule has 0 aliphatic rings. The number of rotatable bonds is 7. The average molecular weight is 339 g/mol. The number of amides is 2. The number of nitrogens with zero attached hydrogens (tertiary/aromatic N) is 1. The van der Waals surface area contributed by atoms with Crippen LogP contribution in [0.4, 0.5) is 0 Å². The largest absolute Gasteiger partial charge is 0.348 e. The maximum atomic E-state index is 12.8. The van der Waals surface area contributed by atoms with Gasteiger partial charge in [-0.15, -0.1) is 0 Å². The van der Waals surface area contributed by atoms with E-state index in [0.717, 1.165) is 12.0 Å². The Morgan fingerprint density at radius 3 is 2.24 bits per heavy atom. The molecule has 25 heavy (non-hydrogen) atoms. The molecule has 1 aromatic heterocycles. The van der Waals surface area contributed by atoms with Crippen molar-refractivity contribution in [2.24, 2.45) is 5.92 Å². The molecular weight excluding hydrogens is 314 g/mol. The first kappa shape index (κ1) is 18.6. The molecule has 0 saturated heterocycles. The molecule has 3 unspecified atom stereocenters. The number of carbonyl (C=O) groups is 2. The third-order valence-electron chi connectivity index (χ3n) is 4.38. The number of hydrogen-bond acceptors (Lipinski definition) is 3. The molecule has 132 valence electrons. The van der Waals surface area contributed by atoms with E-state index in [9.17, 15) is 9.59 Å². The van der Waals surface area contributed by atoms with Gasteiger partial charge in [0.2, 0.25) is 5.91 Å². The molecule has 2 aromatic rings. The summed E-state index contributed by atoms with van der Waals surface area (Å²) in [6.45, 7) is 5.89. The van der Waals surface area contributed by atoms with Crippen LogP contribution in [-0.2, 0) is 4.79 Å². The van der Waals surface area contributed by atoms with Gasteiger partial charge in [0.25, 0.3) is 5.91 Å². The van der Waals surface area contributed by atoms with Gasteiger partial charge in [0.1, 0.15) is 6.04 Å². The molecular formula is C20H25N3O2. The van der Waals surface area contributed by atoms with Gasteiger partial charge in [0, 0.05) is 18.0 Å². The SMILES string of the molecule is CCC(C)C(NC(=O)c1ccccc1)C(=O)NC(C)c1ccncc1. The summed E-state index contributed by atoms with van der Waals surface area (Å²) in [5, 5.41) is 5.86. The molecule has 2 rings (SSSR count). The van der Waals surface area contributed by atoms with Gasteiger partial charge in [-0.05, 0) is 42.7 Å². The van der Waals surface area contributed by atoms with E-state index < -0.39 is 6.04 Å². The van der Waals surface area contributed by atoms with Crippen molar-refractivity contribution in [3.8, 4) is 0 Å². The summed E-state index contributed by atoms with van der Waals surface area (Å²) in [6.07, 6.45) is 4.18. The first-order chi connectivity index (χ1) is 12.0. The Hall–Kier alpha value is -2.69. The second-order valence-electron chi connectivity index (χ2n) is 6.21. The summed E-state index contributed by atoms with van der Waals surface area (Å²) in [4.78, 5) is 29.2. The van der Waals surface area contributed by atoms with E-state index in [1.807, 2.05) is 39.0 Å². The fraction of sp³-hybridized carbons (Fsp3) is 0.350. The van der Waals surface area contributed by atoms with E-state index in [1.165, 1.54) is 0 Å². The van der Waals surface area contributed by atoms with Gasteiger partial charge in [0.15, 0.2) is 0 Å². The van der Waals surface area contributed by atoms with E-state index in [1.54, 1.807) is 36.7 Å². The molecule has 2 N–H and O–H groups in total. The van der Waals surface area contributed by atoms with E-state index in [0.29, 0.717) is 5.56 Å². The normalized spacial score (nSPS) is 14.2. The van der Waals surface area contributed by atoms with E-state index in [2.05, 4.69) is 15.6 Å². The van der Waals surface area contributed by atoms with E-state index in [4.69, 9.17) is 0 Å². The van der Waals surface area contributed by atoms with Gasteiger partial charge in [-0.2, -0.15) is 0 Å². The fourth-order valence-electron chi connectivity index (χ4n) is 2.55. The summed E-state index contributed by atoms with van der Waals surface area (Å²) in [6, 6.07) is 11.9. The van der Waals surface area contributed by atoms with Crippen LogP contribution in [0.25, 0.3) is 0 Å². The van der Waals surface area contributed by atoms with Crippen molar-refractivity contribution in [2.75, 3.05) is 0 Å². The van der Waals surface area contributed by atoms with Gasteiger partial charge in [-0.25, -0.2) is 0 Å². The van der Waals surface area contributed by atoms with Crippen LogP contribution in [0.3, 0.4) is 0 Å². The molecule has 5 heteroatoms. The molecule has 0 fully saturated rings. The Bertz CT molecular complexity index is 689. The summed E-state index contributed by atoms with van der Waals surface area (Å²) >= 11 is 0. The van der Waals surface area contributed by atoms with Crippen molar-refractivity contribution in [3.63, 3.8) is 0 Å². The van der Waals surface area contributed by atoms with Gasteiger partial charge in [-0.1, -0.05) is 38.5 Å². The number of nitrogens with one attached hydrogen (secondary N) is 2. The molecule has 2 amide bonds. The molecule has 1 heterocycles. The Labute approximate surface area is 148 Å². The lowest BCUT2D eigenvalue weighted by molar-refractivity contribution is -0.124. The van der Waals surface area contributed by atoms with Crippen LogP contribution in [0.2, 0.25) is 0 Å². The van der Waals surface area contributed by atoms with Crippen LogP contribution in [0.15, 0.2) is 54.9 Å². The number of hydrogen-bond donors (Lipinski definition) is 2. The highest BCUT2D eigenvalue weighted by molar-refractivity contribution is 5.97. The van der Waals surface area contributed by atoms with Crippen LogP contribution in [0.5, 0.6) is 0 Å². The zero-order valence-corrected chi connectivity index (χ0v) is 14.9. The van der Waals surface area contributed by atoms with Gasteiger partial charge >= 0.3 is 0 Å². The van der Waals surface area contributed by atoms with Crippen LogP contribution in [0.1, 0.15) is 49.2 Å². The van der Waals surface area contributed by atoms with Gasteiger partial charge in [-0.3, -0.25) is 14.6 Å². The minimum atomic E-state index is -0.581. The van der Waals surface area contributed by atoms with Crippen molar-refractivity contribution in [1.29, 1.82) is 0 Å². The average Bonchev–Trinajstić information content (AvgIpc) is 2.66. The summed E-state index contributed by atoms with van der Waals surface area (Å²) < 4.78 is 0. The molecule has 0 bridgehead atoms. The second-order valence-corrected chi connectivity index (χ2v) is 6.21. The highest BCUT2D eigenvalue weighted by Crippen LogP contribution is 2.14. The van der Waals surface area contributed by atoms with Crippen molar-refractivity contribution in [3.05, 3.63) is 66.0 Å². The quantitative estimate of drug-likeness (QED) is 0.814. The molecule has 0 radical (unpaired) electrons. The van der Waals surface area contributed by atoms with Gasteiger partial charge in [0.05, 0.1) is 6.04 Å². The lowest BCUT2D eigenvalue weighted by Gasteiger charge is -2.25. The van der Waals surface area contributed by atoms with Crippen molar-refractivity contribution in [2.45, 2.75) is 39.3 Å². The van der Waals surface area contributed by atoms with Crippen molar-refractivity contribution >= 4 is 11.8 Å². The highest BCUT2D eigenvalue weighted by Gasteiger charge is 2.27. The number of pyridine rings is 1. The Kier molecular flexibility index (Phi) is 6.69. The third kappa shape index (κ3) is 5.14. The Balaban J connectivity index is 2.08. The molecule has 1 aromatic carbocycles. The van der Waals surface area contributed by atoms with E-state index in [-0.39, 0.29) is 23.8 Å². The summed E-state index contributed by atoms with van der Waals surface area (Å²) in [5.41, 5.74) is 1.52. The molecule has 3 atom stereocenters. The Morgan fingerprint density at radius 1 is 1.00 bits per heavy atom. The number of aromatic nitrogens is 1.